The van der Waals surface area contributed by atoms with Gasteiger partial charge in [-0.05, 0) is 13.8 Å². The second-order valence-electron chi connectivity index (χ2n) is 4.09. The van der Waals surface area contributed by atoms with E-state index in [1.807, 2.05) is 4.68 Å². The highest BCUT2D eigenvalue weighted by Crippen LogP contribution is 2.22. The zero-order valence-electron chi connectivity index (χ0n) is 10.1. The minimum atomic E-state index is 0.244. The highest BCUT2D eigenvalue weighted by molar-refractivity contribution is 6.33. The van der Waals surface area contributed by atoms with Gasteiger partial charge in [0.1, 0.15) is 11.0 Å². The van der Waals surface area contributed by atoms with E-state index in [0.717, 1.165) is 11.0 Å². The maximum atomic E-state index is 6.11. The van der Waals surface area contributed by atoms with Crippen molar-refractivity contribution in [1.82, 2.24) is 19.7 Å². The third-order valence-electron chi connectivity index (χ3n) is 2.47. The summed E-state index contributed by atoms with van der Waals surface area (Å²) < 4.78 is 6.86. The molecule has 5 nitrogen and oxygen atoms in total. The Morgan fingerprint density at radius 2 is 2.18 bits per heavy atom. The molecule has 92 valence electrons. The van der Waals surface area contributed by atoms with Crippen molar-refractivity contribution in [2.75, 3.05) is 13.7 Å². The van der Waals surface area contributed by atoms with Gasteiger partial charge in [-0.15, -0.1) is 0 Å². The van der Waals surface area contributed by atoms with Gasteiger partial charge in [-0.2, -0.15) is 5.10 Å². The number of hydrogen-bond donors (Lipinski definition) is 0. The maximum absolute atomic E-state index is 6.11. The fourth-order valence-corrected chi connectivity index (χ4v) is 1.85. The van der Waals surface area contributed by atoms with Gasteiger partial charge >= 0.3 is 0 Å². The molecule has 0 unspecified atom stereocenters. The van der Waals surface area contributed by atoms with Crippen LogP contribution in [-0.2, 0) is 11.2 Å². The zero-order valence-corrected chi connectivity index (χ0v) is 10.9. The van der Waals surface area contributed by atoms with Gasteiger partial charge in [0.2, 0.25) is 0 Å². The molecule has 2 heterocycles. The molecule has 0 N–H and O–H groups in total. The van der Waals surface area contributed by atoms with Crippen LogP contribution in [0.25, 0.3) is 11.0 Å². The third kappa shape index (κ3) is 2.40. The maximum Gasteiger partial charge on any atom is 0.163 e. The van der Waals surface area contributed by atoms with Crippen LogP contribution in [0.5, 0.6) is 0 Å². The standard InChI is InChI=1S/C11H15ClN4O/c1-7(2)16-11-8(6-13-16)10(12)14-9(15-11)4-5-17-3/h6-7H,4-5H2,1-3H3. The molecule has 2 rings (SSSR count). The Morgan fingerprint density at radius 3 is 2.82 bits per heavy atom. The van der Waals surface area contributed by atoms with Gasteiger partial charge < -0.3 is 4.74 Å². The van der Waals surface area contributed by atoms with E-state index in [2.05, 4.69) is 28.9 Å². The molecule has 0 saturated carbocycles. The fourth-order valence-electron chi connectivity index (χ4n) is 1.62. The predicted molar refractivity (Wildman–Crippen MR) is 66.3 cm³/mol. The molecule has 17 heavy (non-hydrogen) atoms. The Hall–Kier alpha value is -1.20. The molecule has 0 aliphatic rings. The smallest absolute Gasteiger partial charge is 0.163 e. The summed E-state index contributed by atoms with van der Waals surface area (Å²) in [6.45, 7) is 4.69. The van der Waals surface area contributed by atoms with E-state index in [0.29, 0.717) is 24.0 Å². The van der Waals surface area contributed by atoms with E-state index in [9.17, 15) is 0 Å². The SMILES string of the molecule is COCCc1nc(Cl)c2cnn(C(C)C)c2n1. The molecular formula is C11H15ClN4O. The summed E-state index contributed by atoms with van der Waals surface area (Å²) in [6.07, 6.45) is 2.35. The van der Waals surface area contributed by atoms with Crippen LogP contribution < -0.4 is 0 Å². The van der Waals surface area contributed by atoms with Crippen LogP contribution >= 0.6 is 11.6 Å². The molecule has 0 amide bonds. The minimum Gasteiger partial charge on any atom is -0.384 e. The third-order valence-corrected chi connectivity index (χ3v) is 2.76. The van der Waals surface area contributed by atoms with Crippen molar-refractivity contribution in [2.24, 2.45) is 0 Å². The van der Waals surface area contributed by atoms with Crippen LogP contribution in [0, 0.1) is 0 Å². The van der Waals surface area contributed by atoms with Gasteiger partial charge in [0.25, 0.3) is 0 Å². The molecular weight excluding hydrogens is 240 g/mol. The molecule has 0 fully saturated rings. The fraction of sp³-hybridized carbons (Fsp3) is 0.545. The lowest BCUT2D eigenvalue weighted by Crippen LogP contribution is -2.06. The molecule has 0 aliphatic carbocycles. The van der Waals surface area contributed by atoms with Crippen molar-refractivity contribution in [3.8, 4) is 0 Å². The van der Waals surface area contributed by atoms with E-state index in [4.69, 9.17) is 16.3 Å². The first kappa shape index (κ1) is 12.3. The average molecular weight is 255 g/mol. The number of hydrogen-bond acceptors (Lipinski definition) is 4. The van der Waals surface area contributed by atoms with E-state index in [-0.39, 0.29) is 6.04 Å². The second kappa shape index (κ2) is 4.98. The van der Waals surface area contributed by atoms with Crippen LogP contribution in [0.4, 0.5) is 0 Å². The van der Waals surface area contributed by atoms with Gasteiger partial charge in [-0.3, -0.25) is 0 Å². The normalized spacial score (nSPS) is 11.6. The summed E-state index contributed by atoms with van der Waals surface area (Å²) in [5.41, 5.74) is 0.783. The summed E-state index contributed by atoms with van der Waals surface area (Å²) in [6, 6.07) is 0.244. The molecule has 0 spiro atoms. The van der Waals surface area contributed by atoms with E-state index in [1.165, 1.54) is 0 Å². The number of aromatic nitrogens is 4. The molecule has 2 aromatic heterocycles. The molecule has 0 atom stereocenters. The number of fused-ring (bicyclic) bond motifs is 1. The number of nitrogens with zero attached hydrogens (tertiary/aromatic N) is 4. The summed E-state index contributed by atoms with van der Waals surface area (Å²) >= 11 is 6.11. The Balaban J connectivity index is 2.49. The van der Waals surface area contributed by atoms with Crippen molar-refractivity contribution in [2.45, 2.75) is 26.3 Å². The molecule has 0 radical (unpaired) electrons. The van der Waals surface area contributed by atoms with Crippen LogP contribution in [0.2, 0.25) is 5.15 Å². The van der Waals surface area contributed by atoms with Crippen LogP contribution in [0.3, 0.4) is 0 Å². The first-order chi connectivity index (χ1) is 8.13. The first-order valence-corrected chi connectivity index (χ1v) is 5.90. The number of ether oxygens (including phenoxy) is 1. The van der Waals surface area contributed by atoms with E-state index >= 15 is 0 Å². The van der Waals surface area contributed by atoms with Crippen molar-refractivity contribution in [3.63, 3.8) is 0 Å². The van der Waals surface area contributed by atoms with Gasteiger partial charge in [-0.25, -0.2) is 14.6 Å². The second-order valence-corrected chi connectivity index (χ2v) is 4.45. The van der Waals surface area contributed by atoms with E-state index in [1.54, 1.807) is 13.3 Å². The van der Waals surface area contributed by atoms with Crippen LogP contribution in [0.15, 0.2) is 6.20 Å². The zero-order chi connectivity index (χ0) is 12.4. The summed E-state index contributed by atoms with van der Waals surface area (Å²) in [5, 5.41) is 5.52. The van der Waals surface area contributed by atoms with Gasteiger partial charge in [0.15, 0.2) is 5.65 Å². The molecule has 0 aromatic carbocycles. The van der Waals surface area contributed by atoms with Gasteiger partial charge in [-0.1, -0.05) is 11.6 Å². The number of rotatable bonds is 4. The summed E-state index contributed by atoms with van der Waals surface area (Å²) in [5.74, 6) is 0.687. The van der Waals surface area contributed by atoms with E-state index < -0.39 is 0 Å². The lowest BCUT2D eigenvalue weighted by Gasteiger charge is -2.07. The van der Waals surface area contributed by atoms with Gasteiger partial charge in [0.05, 0.1) is 18.2 Å². The largest absolute Gasteiger partial charge is 0.384 e. The van der Waals surface area contributed by atoms with Crippen molar-refractivity contribution in [3.05, 3.63) is 17.2 Å². The summed E-state index contributed by atoms with van der Waals surface area (Å²) in [4.78, 5) is 8.71. The molecule has 0 aliphatic heterocycles. The molecule has 0 bridgehead atoms. The molecule has 2 aromatic rings. The van der Waals surface area contributed by atoms with Crippen molar-refractivity contribution >= 4 is 22.6 Å². The quantitative estimate of drug-likeness (QED) is 0.786. The lowest BCUT2D eigenvalue weighted by molar-refractivity contribution is 0.200. The molecule has 6 heteroatoms. The highest BCUT2D eigenvalue weighted by Gasteiger charge is 2.12. The topological polar surface area (TPSA) is 52.8 Å². The first-order valence-electron chi connectivity index (χ1n) is 5.52. The minimum absolute atomic E-state index is 0.244. The Kier molecular flexibility index (Phi) is 3.59. The van der Waals surface area contributed by atoms with Crippen molar-refractivity contribution < 1.29 is 4.74 Å². The Bertz CT molecular complexity index is 523. The molecule has 0 saturated heterocycles. The van der Waals surface area contributed by atoms with Crippen LogP contribution in [-0.4, -0.2) is 33.5 Å². The predicted octanol–water partition coefficient (Wildman–Crippen LogP) is 2.25. The van der Waals surface area contributed by atoms with Crippen LogP contribution in [0.1, 0.15) is 25.7 Å². The monoisotopic (exact) mass is 254 g/mol. The average Bonchev–Trinajstić information content (AvgIpc) is 2.70. The van der Waals surface area contributed by atoms with Gasteiger partial charge in [0, 0.05) is 19.6 Å². The lowest BCUT2D eigenvalue weighted by atomic mass is 10.3. The summed E-state index contributed by atoms with van der Waals surface area (Å²) in [7, 11) is 1.65. The Labute approximate surface area is 105 Å². The van der Waals surface area contributed by atoms with Crippen molar-refractivity contribution in [1.29, 1.82) is 0 Å². The number of halogens is 1. The Morgan fingerprint density at radius 1 is 1.41 bits per heavy atom. The number of methoxy groups -OCH3 is 1. The highest BCUT2D eigenvalue weighted by atomic mass is 35.5.